The zero-order valence-corrected chi connectivity index (χ0v) is 11.9. The molecule has 0 radical (unpaired) electrons. The van der Waals surface area contributed by atoms with Gasteiger partial charge in [0.05, 0.1) is 18.1 Å². The van der Waals surface area contributed by atoms with Crippen molar-refractivity contribution < 1.29 is 4.79 Å². The largest absolute Gasteiger partial charge is 0.307 e. The van der Waals surface area contributed by atoms with Crippen molar-refractivity contribution in [3.63, 3.8) is 0 Å². The van der Waals surface area contributed by atoms with Crippen LogP contribution in [0.1, 0.15) is 18.1 Å². The number of likely N-dealkylation sites (N-methyl/N-ethyl adjacent to an activating group) is 1. The fourth-order valence-corrected chi connectivity index (χ4v) is 2.33. The highest BCUT2D eigenvalue weighted by Gasteiger charge is 2.32. The molecule has 0 atom stereocenters. The van der Waals surface area contributed by atoms with Gasteiger partial charge in [0.1, 0.15) is 0 Å². The van der Waals surface area contributed by atoms with Gasteiger partial charge in [-0.05, 0) is 13.0 Å². The maximum Gasteiger partial charge on any atom is 0.279 e. The van der Waals surface area contributed by atoms with Gasteiger partial charge >= 0.3 is 0 Å². The summed E-state index contributed by atoms with van der Waals surface area (Å²) in [5.41, 5.74) is 2.94. The number of hydrogen-bond donors (Lipinski definition) is 0. The molecule has 3 rings (SSSR count). The molecule has 1 aliphatic rings. The Morgan fingerprint density at radius 1 is 1.33 bits per heavy atom. The van der Waals surface area contributed by atoms with Gasteiger partial charge < -0.3 is 4.90 Å². The van der Waals surface area contributed by atoms with Crippen LogP contribution < -0.4 is 4.90 Å². The smallest absolute Gasteiger partial charge is 0.279 e. The van der Waals surface area contributed by atoms with Crippen LogP contribution in [-0.4, -0.2) is 34.2 Å². The molecule has 2 aromatic rings. The SMILES string of the molecule is CCN1C(=O)/C(=N\N=C\c2cnn(C)c2)c2ccccc21. The van der Waals surface area contributed by atoms with Crippen LogP contribution in [0.25, 0.3) is 0 Å². The summed E-state index contributed by atoms with van der Waals surface area (Å²) in [6.45, 7) is 2.55. The summed E-state index contributed by atoms with van der Waals surface area (Å²) < 4.78 is 1.68. The van der Waals surface area contributed by atoms with Gasteiger partial charge in [-0.1, -0.05) is 18.2 Å². The molecule has 106 valence electrons. The third-order valence-electron chi connectivity index (χ3n) is 3.30. The fourth-order valence-electron chi connectivity index (χ4n) is 2.33. The van der Waals surface area contributed by atoms with Crippen molar-refractivity contribution in [1.29, 1.82) is 0 Å². The Labute approximate surface area is 122 Å². The summed E-state index contributed by atoms with van der Waals surface area (Å²) in [5, 5.41) is 12.2. The van der Waals surface area contributed by atoms with Crippen molar-refractivity contribution in [3.8, 4) is 0 Å². The first-order valence-electron chi connectivity index (χ1n) is 6.71. The summed E-state index contributed by atoms with van der Waals surface area (Å²) >= 11 is 0. The lowest BCUT2D eigenvalue weighted by Gasteiger charge is -2.12. The van der Waals surface area contributed by atoms with E-state index < -0.39 is 0 Å². The first kappa shape index (κ1) is 13.2. The van der Waals surface area contributed by atoms with E-state index in [1.165, 1.54) is 0 Å². The average Bonchev–Trinajstić information content (AvgIpc) is 3.01. The average molecular weight is 281 g/mol. The number of anilines is 1. The van der Waals surface area contributed by atoms with Crippen LogP contribution in [0, 0.1) is 0 Å². The summed E-state index contributed by atoms with van der Waals surface area (Å²) in [5.74, 6) is -0.109. The normalized spacial score (nSPS) is 16.2. The van der Waals surface area contributed by atoms with Crippen molar-refractivity contribution in [3.05, 3.63) is 47.8 Å². The summed E-state index contributed by atoms with van der Waals surface area (Å²) in [6.07, 6.45) is 5.10. The minimum absolute atomic E-state index is 0.109. The molecule has 0 unspecified atom stereocenters. The molecule has 1 aliphatic heterocycles. The van der Waals surface area contributed by atoms with Crippen molar-refractivity contribution in [2.24, 2.45) is 17.3 Å². The number of aromatic nitrogens is 2. The van der Waals surface area contributed by atoms with Gasteiger partial charge in [-0.15, -0.1) is 5.10 Å². The number of nitrogens with zero attached hydrogens (tertiary/aromatic N) is 5. The Hall–Kier alpha value is -2.76. The number of para-hydroxylation sites is 1. The highest BCUT2D eigenvalue weighted by Crippen LogP contribution is 2.28. The minimum Gasteiger partial charge on any atom is -0.307 e. The number of aryl methyl sites for hydroxylation is 1. The van der Waals surface area contributed by atoms with Crippen LogP contribution in [-0.2, 0) is 11.8 Å². The molecular formula is C15H15N5O. The first-order chi connectivity index (χ1) is 10.2. The number of amides is 1. The van der Waals surface area contributed by atoms with E-state index in [1.807, 2.05) is 44.4 Å². The van der Waals surface area contributed by atoms with Gasteiger partial charge in [0.25, 0.3) is 5.91 Å². The molecule has 1 aromatic carbocycles. The second-order valence-electron chi connectivity index (χ2n) is 4.71. The zero-order valence-electron chi connectivity index (χ0n) is 11.9. The second-order valence-corrected chi connectivity index (χ2v) is 4.71. The van der Waals surface area contributed by atoms with Gasteiger partial charge in [0.15, 0.2) is 5.71 Å². The zero-order chi connectivity index (χ0) is 14.8. The van der Waals surface area contributed by atoms with Crippen molar-refractivity contribution >= 4 is 23.5 Å². The Morgan fingerprint density at radius 2 is 2.14 bits per heavy atom. The van der Waals surface area contributed by atoms with Crippen molar-refractivity contribution in [1.82, 2.24) is 9.78 Å². The molecule has 0 fully saturated rings. The second kappa shape index (κ2) is 5.32. The number of fused-ring (bicyclic) bond motifs is 1. The van der Waals surface area contributed by atoms with E-state index in [4.69, 9.17) is 0 Å². The molecular weight excluding hydrogens is 266 g/mol. The number of rotatable bonds is 3. The molecule has 0 spiro atoms. The molecule has 0 saturated heterocycles. The van der Waals surface area contributed by atoms with E-state index in [2.05, 4.69) is 15.3 Å². The Kier molecular flexibility index (Phi) is 3.35. The molecule has 1 aromatic heterocycles. The van der Waals surface area contributed by atoms with Crippen molar-refractivity contribution in [2.75, 3.05) is 11.4 Å². The quantitative estimate of drug-likeness (QED) is 0.634. The van der Waals surface area contributed by atoms with E-state index in [1.54, 1.807) is 22.0 Å². The molecule has 1 amide bonds. The maximum atomic E-state index is 12.3. The summed E-state index contributed by atoms with van der Waals surface area (Å²) in [4.78, 5) is 14.0. The van der Waals surface area contributed by atoms with Gasteiger partial charge in [-0.3, -0.25) is 9.48 Å². The lowest BCUT2D eigenvalue weighted by molar-refractivity contribution is -0.112. The van der Waals surface area contributed by atoms with Crippen LogP contribution in [0.5, 0.6) is 0 Å². The molecule has 2 heterocycles. The van der Waals surface area contributed by atoms with Gasteiger partial charge in [0.2, 0.25) is 0 Å². The third kappa shape index (κ3) is 2.35. The molecule has 6 nitrogen and oxygen atoms in total. The number of benzene rings is 1. The van der Waals surface area contributed by atoms with Crippen LogP contribution in [0.2, 0.25) is 0 Å². The predicted molar refractivity (Wildman–Crippen MR) is 81.8 cm³/mol. The maximum absolute atomic E-state index is 12.3. The molecule has 21 heavy (non-hydrogen) atoms. The Morgan fingerprint density at radius 3 is 2.86 bits per heavy atom. The van der Waals surface area contributed by atoms with Crippen LogP contribution in [0.15, 0.2) is 46.9 Å². The molecule has 0 aliphatic carbocycles. The van der Waals surface area contributed by atoms with Gasteiger partial charge in [0, 0.05) is 30.9 Å². The van der Waals surface area contributed by atoms with Crippen LogP contribution in [0.3, 0.4) is 0 Å². The van der Waals surface area contributed by atoms with Crippen LogP contribution in [0.4, 0.5) is 5.69 Å². The number of carbonyl (C=O) groups is 1. The Balaban J connectivity index is 1.93. The van der Waals surface area contributed by atoms with E-state index >= 15 is 0 Å². The van der Waals surface area contributed by atoms with E-state index in [-0.39, 0.29) is 5.91 Å². The van der Waals surface area contributed by atoms with E-state index in [0.29, 0.717) is 12.3 Å². The topological polar surface area (TPSA) is 62.9 Å². The summed E-state index contributed by atoms with van der Waals surface area (Å²) in [7, 11) is 1.83. The standard InChI is InChI=1S/C15H15N5O/c1-3-20-13-7-5-4-6-12(13)14(15(20)21)18-16-8-11-9-17-19(2)10-11/h4-10H,3H2,1-2H3/b16-8+,18-14-. The lowest BCUT2D eigenvalue weighted by atomic mass is 10.1. The van der Waals surface area contributed by atoms with Gasteiger partial charge in [-0.25, -0.2) is 0 Å². The van der Waals surface area contributed by atoms with E-state index in [0.717, 1.165) is 16.8 Å². The van der Waals surface area contributed by atoms with Crippen molar-refractivity contribution in [2.45, 2.75) is 6.92 Å². The third-order valence-corrected chi connectivity index (χ3v) is 3.30. The molecule has 0 saturated carbocycles. The number of hydrogen-bond acceptors (Lipinski definition) is 4. The minimum atomic E-state index is -0.109. The molecule has 0 N–H and O–H groups in total. The monoisotopic (exact) mass is 281 g/mol. The summed E-state index contributed by atoms with van der Waals surface area (Å²) in [6, 6.07) is 7.62. The number of carbonyl (C=O) groups excluding carboxylic acids is 1. The van der Waals surface area contributed by atoms with E-state index in [9.17, 15) is 4.79 Å². The molecule has 6 heteroatoms. The predicted octanol–water partition coefficient (Wildman–Crippen LogP) is 1.61. The van der Waals surface area contributed by atoms with Crippen LogP contribution >= 0.6 is 0 Å². The fraction of sp³-hybridized carbons (Fsp3) is 0.200. The molecule has 0 bridgehead atoms. The Bertz CT molecular complexity index is 744. The first-order valence-corrected chi connectivity index (χ1v) is 6.71. The van der Waals surface area contributed by atoms with Gasteiger partial charge in [-0.2, -0.15) is 10.2 Å². The highest BCUT2D eigenvalue weighted by atomic mass is 16.2. The lowest BCUT2D eigenvalue weighted by Crippen LogP contribution is -2.29. The highest BCUT2D eigenvalue weighted by molar-refractivity contribution is 6.54.